The van der Waals surface area contributed by atoms with Crippen LogP contribution in [0, 0.1) is 31.6 Å². The Balaban J connectivity index is 1.63. The average molecular weight is 616 g/mol. The van der Waals surface area contributed by atoms with Gasteiger partial charge in [0.15, 0.2) is 0 Å². The fourth-order valence-electron chi connectivity index (χ4n) is 7.66. The molecule has 1 N–H and O–H groups in total. The van der Waals surface area contributed by atoms with Gasteiger partial charge < -0.3 is 19.8 Å². The fourth-order valence-corrected chi connectivity index (χ4v) is 9.85. The number of rotatable bonds is 12. The summed E-state index contributed by atoms with van der Waals surface area (Å²) in [4.78, 5) is 49.5. The molecule has 3 aliphatic heterocycles. The number of carbonyl (C=O) groups is 3. The van der Waals surface area contributed by atoms with Crippen LogP contribution < -0.4 is 9.80 Å². The first-order valence-corrected chi connectivity index (χ1v) is 16.6. The Hall–Kier alpha value is -3.36. The molecule has 1 spiro atoms. The van der Waals surface area contributed by atoms with Crippen LogP contribution in [0.3, 0.4) is 0 Å². The van der Waals surface area contributed by atoms with Gasteiger partial charge in [-0.1, -0.05) is 62.8 Å². The Bertz CT molecular complexity index is 1430. The summed E-state index contributed by atoms with van der Waals surface area (Å²) in [7, 11) is 0. The first-order chi connectivity index (χ1) is 21.1. The van der Waals surface area contributed by atoms with Gasteiger partial charge in [-0.15, -0.1) is 24.9 Å². The average Bonchev–Trinajstić information content (AvgIpc) is 3.67. The molecule has 8 heteroatoms. The van der Waals surface area contributed by atoms with Gasteiger partial charge in [0.05, 0.1) is 29.2 Å². The molecule has 3 saturated heterocycles. The molecule has 0 aliphatic carbocycles. The number of thioether (sulfide) groups is 1. The van der Waals surface area contributed by atoms with Crippen LogP contribution in [0.5, 0.6) is 0 Å². The summed E-state index contributed by atoms with van der Waals surface area (Å²) in [5.41, 5.74) is 3.53. The van der Waals surface area contributed by atoms with Crippen LogP contribution in [0.15, 0.2) is 73.8 Å². The lowest BCUT2D eigenvalue weighted by atomic mass is 9.70. The Morgan fingerprint density at radius 1 is 1.09 bits per heavy atom. The van der Waals surface area contributed by atoms with Crippen molar-refractivity contribution in [3.8, 4) is 0 Å². The number of fused-ring (bicyclic) bond motifs is 1. The zero-order valence-electron chi connectivity index (χ0n) is 26.3. The van der Waals surface area contributed by atoms with Crippen molar-refractivity contribution >= 4 is 40.9 Å². The normalized spacial score (nSPS) is 26.7. The van der Waals surface area contributed by atoms with Crippen molar-refractivity contribution in [3.05, 3.63) is 85.0 Å². The standard InChI is InChI=1S/C36H45N3O4S/c1-7-19-37(26-13-11-10-12-14-26)33(41)30-29-17-18-36(44-29)31(30)34(42)39(28(22-40)24(5)9-3)32(36)35(43)38(20-8-2)27-21-23(4)15-16-25(27)6/h7-8,10-16,21,24,28-32,40H,1-2,9,17-20,22H2,3-6H3/t24-,28-,29+,30-,31-,32?,36?/m0/s1. The van der Waals surface area contributed by atoms with Gasteiger partial charge in [0.1, 0.15) is 6.04 Å². The number of amides is 3. The maximum absolute atomic E-state index is 15.0. The number of benzene rings is 2. The maximum atomic E-state index is 15.0. The number of likely N-dealkylation sites (tertiary alicyclic amines) is 1. The second kappa shape index (κ2) is 12.9. The van der Waals surface area contributed by atoms with E-state index >= 15 is 4.79 Å². The minimum absolute atomic E-state index is 0.0408. The van der Waals surface area contributed by atoms with Crippen molar-refractivity contribution in [2.24, 2.45) is 17.8 Å². The molecule has 0 radical (unpaired) electrons. The van der Waals surface area contributed by atoms with Gasteiger partial charge in [-0.25, -0.2) is 0 Å². The van der Waals surface area contributed by atoms with E-state index in [0.29, 0.717) is 13.0 Å². The quantitative estimate of drug-likeness (QED) is 0.317. The van der Waals surface area contributed by atoms with E-state index in [1.54, 1.807) is 38.6 Å². The van der Waals surface area contributed by atoms with Crippen LogP contribution in [0.4, 0.5) is 11.4 Å². The van der Waals surface area contributed by atoms with Crippen molar-refractivity contribution in [1.82, 2.24) is 4.90 Å². The van der Waals surface area contributed by atoms with Crippen LogP contribution in [-0.2, 0) is 14.4 Å². The van der Waals surface area contributed by atoms with E-state index in [-0.39, 0.29) is 42.0 Å². The minimum Gasteiger partial charge on any atom is -0.394 e. The SMILES string of the molecule is C=CCN(C(=O)[C@@H]1[C@H]2C(=O)N([C@@H](CO)[C@@H](C)CC)C(C(=O)N(CC=C)c3cc(C)ccc3C)C23CC[C@H]1S3)c1ccccc1. The number of para-hydroxylation sites is 1. The van der Waals surface area contributed by atoms with E-state index in [2.05, 4.69) is 13.2 Å². The molecule has 3 aliphatic rings. The second-order valence-corrected chi connectivity index (χ2v) is 14.1. The third kappa shape index (κ3) is 5.20. The van der Waals surface area contributed by atoms with Crippen molar-refractivity contribution in [2.45, 2.75) is 69.0 Å². The highest BCUT2D eigenvalue weighted by molar-refractivity contribution is 8.02. The smallest absolute Gasteiger partial charge is 0.251 e. The van der Waals surface area contributed by atoms with E-state index in [1.807, 2.05) is 76.2 Å². The Labute approximate surface area is 266 Å². The highest BCUT2D eigenvalue weighted by atomic mass is 32.2. The van der Waals surface area contributed by atoms with Gasteiger partial charge in [-0.3, -0.25) is 14.4 Å². The molecule has 7 atom stereocenters. The van der Waals surface area contributed by atoms with Gasteiger partial charge in [0, 0.05) is 29.7 Å². The van der Waals surface area contributed by atoms with Crippen LogP contribution >= 0.6 is 11.8 Å². The third-order valence-corrected chi connectivity index (χ3v) is 11.9. The molecular weight excluding hydrogens is 570 g/mol. The summed E-state index contributed by atoms with van der Waals surface area (Å²) < 4.78 is -0.770. The highest BCUT2D eigenvalue weighted by Gasteiger charge is 2.75. The predicted molar refractivity (Wildman–Crippen MR) is 179 cm³/mol. The Morgan fingerprint density at radius 2 is 1.77 bits per heavy atom. The minimum atomic E-state index is -0.816. The summed E-state index contributed by atoms with van der Waals surface area (Å²) >= 11 is 1.66. The summed E-state index contributed by atoms with van der Waals surface area (Å²) in [6.07, 6.45) is 5.57. The third-order valence-electron chi connectivity index (χ3n) is 9.98. The van der Waals surface area contributed by atoms with Gasteiger partial charge in [-0.2, -0.15) is 0 Å². The number of nitrogens with zero attached hydrogens (tertiary/aromatic N) is 3. The summed E-state index contributed by atoms with van der Waals surface area (Å²) in [5.74, 6) is -1.76. The Kier molecular flexibility index (Phi) is 9.42. The van der Waals surface area contributed by atoms with E-state index in [0.717, 1.165) is 35.3 Å². The Morgan fingerprint density at radius 3 is 2.41 bits per heavy atom. The zero-order chi connectivity index (χ0) is 31.8. The number of aliphatic hydroxyl groups is 1. The van der Waals surface area contributed by atoms with Gasteiger partial charge in [0.2, 0.25) is 11.8 Å². The lowest BCUT2D eigenvalue weighted by Gasteiger charge is -2.41. The topological polar surface area (TPSA) is 81.2 Å². The molecule has 5 rings (SSSR count). The van der Waals surface area contributed by atoms with Crippen LogP contribution in [0.2, 0.25) is 0 Å². The van der Waals surface area contributed by atoms with E-state index in [1.165, 1.54) is 0 Å². The molecule has 234 valence electrons. The summed E-state index contributed by atoms with van der Waals surface area (Å²) in [5, 5.41) is 10.7. The number of aliphatic hydroxyl groups excluding tert-OH is 1. The van der Waals surface area contributed by atoms with Crippen molar-refractivity contribution in [1.29, 1.82) is 0 Å². The van der Waals surface area contributed by atoms with Gasteiger partial charge >= 0.3 is 0 Å². The first-order valence-electron chi connectivity index (χ1n) is 15.7. The highest BCUT2D eigenvalue weighted by Crippen LogP contribution is 2.67. The number of carbonyl (C=O) groups excluding carboxylic acids is 3. The first kappa shape index (κ1) is 32.0. The van der Waals surface area contributed by atoms with Crippen molar-refractivity contribution < 1.29 is 19.5 Å². The molecule has 44 heavy (non-hydrogen) atoms. The molecule has 2 unspecified atom stereocenters. The molecule has 2 bridgehead atoms. The van der Waals surface area contributed by atoms with E-state index in [9.17, 15) is 14.7 Å². The number of hydrogen-bond acceptors (Lipinski definition) is 5. The number of hydrogen-bond donors (Lipinski definition) is 1. The maximum Gasteiger partial charge on any atom is 0.251 e. The number of aryl methyl sites for hydroxylation is 2. The van der Waals surface area contributed by atoms with Crippen LogP contribution in [-0.4, -0.2) is 69.5 Å². The van der Waals surface area contributed by atoms with Gasteiger partial charge in [-0.05, 0) is 61.9 Å². The fraction of sp³-hybridized carbons (Fsp3) is 0.472. The van der Waals surface area contributed by atoms with E-state index < -0.39 is 28.7 Å². The van der Waals surface area contributed by atoms with Gasteiger partial charge in [0.25, 0.3) is 5.91 Å². The van der Waals surface area contributed by atoms with E-state index in [4.69, 9.17) is 0 Å². The molecule has 3 amide bonds. The number of anilines is 2. The molecule has 3 heterocycles. The molecular formula is C36H45N3O4S. The molecule has 0 aromatic heterocycles. The van der Waals surface area contributed by atoms with Crippen molar-refractivity contribution in [3.63, 3.8) is 0 Å². The van der Waals surface area contributed by atoms with Crippen molar-refractivity contribution in [2.75, 3.05) is 29.5 Å². The molecule has 7 nitrogen and oxygen atoms in total. The van der Waals surface area contributed by atoms with Crippen LogP contribution in [0.1, 0.15) is 44.2 Å². The summed E-state index contributed by atoms with van der Waals surface area (Å²) in [6.45, 7) is 16.2. The lowest BCUT2D eigenvalue weighted by molar-refractivity contribution is -0.143. The monoisotopic (exact) mass is 615 g/mol. The molecule has 0 saturated carbocycles. The molecule has 3 fully saturated rings. The lowest BCUT2D eigenvalue weighted by Crippen LogP contribution is -2.59. The molecule has 2 aromatic rings. The second-order valence-electron chi connectivity index (χ2n) is 12.5. The molecule has 2 aromatic carbocycles. The largest absolute Gasteiger partial charge is 0.394 e. The van der Waals surface area contributed by atoms with Crippen LogP contribution in [0.25, 0.3) is 0 Å². The summed E-state index contributed by atoms with van der Waals surface area (Å²) in [6, 6.07) is 14.2. The zero-order valence-corrected chi connectivity index (χ0v) is 27.1. The predicted octanol–water partition coefficient (Wildman–Crippen LogP) is 5.54.